The van der Waals surface area contributed by atoms with Gasteiger partial charge < -0.3 is 10.2 Å². The van der Waals surface area contributed by atoms with Crippen molar-refractivity contribution in [2.45, 2.75) is 32.7 Å². The van der Waals surface area contributed by atoms with Crippen molar-refractivity contribution in [1.82, 2.24) is 14.5 Å². The number of nitrogens with zero attached hydrogens (tertiary/aromatic N) is 3. The summed E-state index contributed by atoms with van der Waals surface area (Å²) in [5.41, 5.74) is 2.45. The smallest absolute Gasteiger partial charge is 0.261 e. The number of benzene rings is 2. The van der Waals surface area contributed by atoms with E-state index in [0.717, 1.165) is 23.9 Å². The Morgan fingerprint density at radius 1 is 1.16 bits per heavy atom. The first kappa shape index (κ1) is 21.2. The summed E-state index contributed by atoms with van der Waals surface area (Å²) in [6, 6.07) is 15.2. The van der Waals surface area contributed by atoms with Gasteiger partial charge >= 0.3 is 0 Å². The van der Waals surface area contributed by atoms with E-state index in [4.69, 9.17) is 0 Å². The van der Waals surface area contributed by atoms with Gasteiger partial charge in [0.1, 0.15) is 6.54 Å². The fourth-order valence-corrected chi connectivity index (χ4v) is 4.51. The molecule has 2 heterocycles. The maximum atomic E-state index is 12.5. The van der Waals surface area contributed by atoms with Crippen molar-refractivity contribution in [1.29, 1.82) is 0 Å². The van der Waals surface area contributed by atoms with Crippen molar-refractivity contribution >= 4 is 22.5 Å². The molecule has 0 saturated carbocycles. The molecular weight excluding hydrogens is 388 g/mol. The quantitative estimate of drug-likeness (QED) is 0.665. The zero-order chi connectivity index (χ0) is 21.8. The lowest BCUT2D eigenvalue weighted by atomic mass is 9.83. The number of nitrogens with one attached hydrogen (secondary N) is 1. The lowest BCUT2D eigenvalue weighted by Crippen LogP contribution is -2.36. The molecule has 0 aliphatic carbocycles. The van der Waals surface area contributed by atoms with Crippen LogP contribution in [-0.2, 0) is 17.8 Å². The zero-order valence-corrected chi connectivity index (χ0v) is 18.3. The summed E-state index contributed by atoms with van der Waals surface area (Å²) < 4.78 is 1.34. The number of fused-ring (bicyclic) bond motifs is 1. The highest BCUT2D eigenvalue weighted by Crippen LogP contribution is 2.27. The Hall–Kier alpha value is -2.99. The lowest BCUT2D eigenvalue weighted by Gasteiger charge is -2.34. The number of carbonyl (C=O) groups is 1. The van der Waals surface area contributed by atoms with Crippen molar-refractivity contribution in [2.75, 3.05) is 25.5 Å². The van der Waals surface area contributed by atoms with Gasteiger partial charge in [-0.3, -0.25) is 14.2 Å². The highest BCUT2D eigenvalue weighted by Gasteiger charge is 2.23. The summed E-state index contributed by atoms with van der Waals surface area (Å²) in [4.78, 5) is 31.7. The fourth-order valence-electron chi connectivity index (χ4n) is 4.51. The number of anilines is 1. The van der Waals surface area contributed by atoms with Crippen LogP contribution in [-0.4, -0.2) is 40.5 Å². The van der Waals surface area contributed by atoms with E-state index in [-0.39, 0.29) is 18.0 Å². The number of amides is 1. The summed E-state index contributed by atoms with van der Waals surface area (Å²) in [5, 5.41) is 3.39. The monoisotopic (exact) mass is 418 g/mol. The summed E-state index contributed by atoms with van der Waals surface area (Å²) in [7, 11) is 2.20. The second-order valence-electron chi connectivity index (χ2n) is 8.77. The summed E-state index contributed by atoms with van der Waals surface area (Å²) in [6.07, 6.45) is 4.97. The van der Waals surface area contributed by atoms with Crippen LogP contribution in [0, 0.1) is 11.8 Å². The minimum absolute atomic E-state index is 0.0631. The predicted octanol–water partition coefficient (Wildman–Crippen LogP) is 3.56. The number of hydrogen-bond acceptors (Lipinski definition) is 4. The molecule has 0 bridgehead atoms. The van der Waals surface area contributed by atoms with Crippen molar-refractivity contribution in [3.05, 3.63) is 70.8 Å². The summed E-state index contributed by atoms with van der Waals surface area (Å²) >= 11 is 0. The van der Waals surface area contributed by atoms with Crippen LogP contribution in [0.5, 0.6) is 0 Å². The maximum Gasteiger partial charge on any atom is 0.261 e. The molecule has 2 aromatic carbocycles. The van der Waals surface area contributed by atoms with Crippen molar-refractivity contribution < 1.29 is 4.79 Å². The molecule has 1 N–H and O–H groups in total. The molecule has 1 amide bonds. The molecule has 1 aliphatic rings. The van der Waals surface area contributed by atoms with Crippen molar-refractivity contribution in [3.63, 3.8) is 0 Å². The molecular formula is C25H30N4O2. The second-order valence-corrected chi connectivity index (χ2v) is 8.77. The van der Waals surface area contributed by atoms with Crippen LogP contribution in [0.4, 0.5) is 5.69 Å². The van der Waals surface area contributed by atoms with Crippen LogP contribution in [0.15, 0.2) is 59.7 Å². The third kappa shape index (κ3) is 5.20. The van der Waals surface area contributed by atoms with Crippen molar-refractivity contribution in [2.24, 2.45) is 11.8 Å². The average Bonchev–Trinajstić information content (AvgIpc) is 2.76. The Bertz CT molecular complexity index is 1110. The molecule has 1 aromatic heterocycles. The highest BCUT2D eigenvalue weighted by molar-refractivity contribution is 5.90. The normalized spacial score (nSPS) is 19.4. The number of rotatable bonds is 6. The molecule has 162 valence electrons. The third-order valence-corrected chi connectivity index (χ3v) is 6.37. The van der Waals surface area contributed by atoms with Gasteiger partial charge in [0.15, 0.2) is 0 Å². The molecule has 0 unspecified atom stereocenters. The van der Waals surface area contributed by atoms with Crippen LogP contribution in [0.1, 0.15) is 25.3 Å². The Balaban J connectivity index is 1.32. The Kier molecular flexibility index (Phi) is 6.47. The molecule has 4 rings (SSSR count). The average molecular weight is 419 g/mol. The number of piperidine rings is 1. The maximum absolute atomic E-state index is 12.5. The van der Waals surface area contributed by atoms with Gasteiger partial charge in [-0.25, -0.2) is 4.98 Å². The van der Waals surface area contributed by atoms with Crippen LogP contribution < -0.4 is 10.9 Å². The van der Waals surface area contributed by atoms with Gasteiger partial charge in [0.05, 0.1) is 17.2 Å². The van der Waals surface area contributed by atoms with Gasteiger partial charge in [-0.15, -0.1) is 0 Å². The Morgan fingerprint density at radius 3 is 2.71 bits per heavy atom. The molecule has 0 radical (unpaired) electrons. The van der Waals surface area contributed by atoms with Crippen LogP contribution in [0.25, 0.3) is 10.9 Å². The fraction of sp³-hybridized carbons (Fsp3) is 0.400. The third-order valence-electron chi connectivity index (χ3n) is 6.37. The molecule has 31 heavy (non-hydrogen) atoms. The predicted molar refractivity (Wildman–Crippen MR) is 124 cm³/mol. The van der Waals surface area contributed by atoms with Gasteiger partial charge in [-0.05, 0) is 74.5 Å². The van der Waals surface area contributed by atoms with Gasteiger partial charge in [-0.2, -0.15) is 0 Å². The second kappa shape index (κ2) is 9.43. The topological polar surface area (TPSA) is 67.2 Å². The first-order chi connectivity index (χ1) is 15.0. The molecule has 1 saturated heterocycles. The van der Waals surface area contributed by atoms with Crippen LogP contribution in [0.3, 0.4) is 0 Å². The summed E-state index contributed by atoms with van der Waals surface area (Å²) in [5.74, 6) is 1.28. The van der Waals surface area contributed by atoms with Crippen LogP contribution in [0.2, 0.25) is 0 Å². The number of likely N-dealkylation sites (tertiary alicyclic amines) is 1. The van der Waals surface area contributed by atoms with E-state index in [1.807, 2.05) is 18.2 Å². The van der Waals surface area contributed by atoms with E-state index in [1.165, 1.54) is 42.4 Å². The van der Waals surface area contributed by atoms with E-state index in [0.29, 0.717) is 10.9 Å². The lowest BCUT2D eigenvalue weighted by molar-refractivity contribution is -0.116. The van der Waals surface area contributed by atoms with Gasteiger partial charge in [0, 0.05) is 12.2 Å². The van der Waals surface area contributed by atoms with E-state index in [2.05, 4.69) is 41.3 Å². The molecule has 1 fully saturated rings. The first-order valence-electron chi connectivity index (χ1n) is 11.0. The molecule has 6 nitrogen and oxygen atoms in total. The Morgan fingerprint density at radius 2 is 1.94 bits per heavy atom. The largest absolute Gasteiger partial charge is 0.325 e. The number of aryl methyl sites for hydroxylation is 1. The van der Waals surface area contributed by atoms with Gasteiger partial charge in [0.25, 0.3) is 5.56 Å². The molecule has 1 aliphatic heterocycles. The Labute approximate surface area is 182 Å². The van der Waals surface area contributed by atoms with Crippen molar-refractivity contribution in [3.8, 4) is 0 Å². The summed E-state index contributed by atoms with van der Waals surface area (Å²) in [6.45, 7) is 4.67. The van der Waals surface area contributed by atoms with Gasteiger partial charge in [-0.1, -0.05) is 31.2 Å². The number of carbonyl (C=O) groups excluding carboxylic acids is 1. The zero-order valence-electron chi connectivity index (χ0n) is 18.3. The SMILES string of the molecule is C[C@@H]1CN(C)CC[C@@H]1CCc1ccc(NC(=O)Cn2cnc3ccccc3c2=O)cc1. The number of aromatic nitrogens is 2. The molecule has 2 atom stereocenters. The van der Waals surface area contributed by atoms with E-state index >= 15 is 0 Å². The number of para-hydroxylation sites is 1. The standard InChI is InChI=1S/C25H30N4O2/c1-18-15-28(2)14-13-20(18)10-7-19-8-11-21(12-9-19)27-24(30)16-29-17-26-23-6-4-3-5-22(23)25(29)31/h3-6,8-9,11-12,17-18,20H,7,10,13-16H2,1-2H3,(H,27,30)/t18-,20+/m1/s1. The van der Waals surface area contributed by atoms with Crippen LogP contribution >= 0.6 is 0 Å². The molecule has 3 aromatic rings. The number of hydrogen-bond donors (Lipinski definition) is 1. The molecule has 6 heteroatoms. The van der Waals surface area contributed by atoms with Gasteiger partial charge in [0.2, 0.25) is 5.91 Å². The van der Waals surface area contributed by atoms with E-state index in [9.17, 15) is 9.59 Å². The minimum atomic E-state index is -0.243. The molecule has 0 spiro atoms. The van der Waals surface area contributed by atoms with E-state index < -0.39 is 0 Å². The first-order valence-corrected chi connectivity index (χ1v) is 11.0. The minimum Gasteiger partial charge on any atom is -0.325 e. The van der Waals surface area contributed by atoms with E-state index in [1.54, 1.807) is 18.2 Å². The highest BCUT2D eigenvalue weighted by atomic mass is 16.2.